The van der Waals surface area contributed by atoms with E-state index in [0.29, 0.717) is 11.3 Å². The van der Waals surface area contributed by atoms with Gasteiger partial charge in [-0.15, -0.1) is 0 Å². The molecule has 2 N–H and O–H groups in total. The zero-order chi connectivity index (χ0) is 15.4. The van der Waals surface area contributed by atoms with Crippen LogP contribution in [0, 0.1) is 6.92 Å². The summed E-state index contributed by atoms with van der Waals surface area (Å²) in [6.45, 7) is 1.86. The van der Waals surface area contributed by atoms with Crippen molar-refractivity contribution in [3.05, 3.63) is 53.2 Å². The van der Waals surface area contributed by atoms with Gasteiger partial charge in [0.05, 0.1) is 6.61 Å². The van der Waals surface area contributed by atoms with E-state index in [9.17, 15) is 9.90 Å². The molecule has 5 heteroatoms. The van der Waals surface area contributed by atoms with Crippen LogP contribution in [-0.2, 0) is 6.61 Å². The molecule has 0 atom stereocenters. The average molecular weight is 285 g/mol. The number of aliphatic hydroxyl groups excluding tert-OH is 1. The van der Waals surface area contributed by atoms with Crippen LogP contribution >= 0.6 is 0 Å². The smallest absolute Gasteiger partial charge is 0.255 e. The molecule has 0 aliphatic rings. The fourth-order valence-corrected chi connectivity index (χ4v) is 1.90. The van der Waals surface area contributed by atoms with Crippen LogP contribution in [0.4, 0.5) is 11.5 Å². The normalized spacial score (nSPS) is 10.3. The lowest BCUT2D eigenvalue weighted by Gasteiger charge is -2.13. The number of pyridine rings is 1. The maximum absolute atomic E-state index is 12.3. The van der Waals surface area contributed by atoms with Crippen molar-refractivity contribution in [3.63, 3.8) is 0 Å². The molecule has 21 heavy (non-hydrogen) atoms. The molecule has 5 nitrogen and oxygen atoms in total. The van der Waals surface area contributed by atoms with Gasteiger partial charge in [0, 0.05) is 31.5 Å². The number of nitrogens with zero attached hydrogens (tertiary/aromatic N) is 2. The van der Waals surface area contributed by atoms with Crippen molar-refractivity contribution >= 4 is 17.4 Å². The zero-order valence-electron chi connectivity index (χ0n) is 12.4. The van der Waals surface area contributed by atoms with Crippen molar-refractivity contribution in [2.24, 2.45) is 0 Å². The van der Waals surface area contributed by atoms with Crippen molar-refractivity contribution in [1.29, 1.82) is 0 Å². The number of carbonyl (C=O) groups is 1. The van der Waals surface area contributed by atoms with Crippen LogP contribution in [0.2, 0.25) is 0 Å². The molecule has 0 bridgehead atoms. The van der Waals surface area contributed by atoms with E-state index in [1.807, 2.05) is 38.1 Å². The van der Waals surface area contributed by atoms with Crippen LogP contribution < -0.4 is 10.2 Å². The second kappa shape index (κ2) is 6.37. The fraction of sp³-hybridized carbons (Fsp3) is 0.250. The summed E-state index contributed by atoms with van der Waals surface area (Å²) in [6, 6.07) is 8.90. The molecule has 0 radical (unpaired) electrons. The predicted molar refractivity (Wildman–Crippen MR) is 83.6 cm³/mol. The molecule has 2 aromatic rings. The first-order valence-corrected chi connectivity index (χ1v) is 6.66. The lowest BCUT2D eigenvalue weighted by Crippen LogP contribution is -2.15. The third-order valence-electron chi connectivity index (χ3n) is 3.20. The summed E-state index contributed by atoms with van der Waals surface area (Å²) in [4.78, 5) is 18.3. The van der Waals surface area contributed by atoms with Crippen LogP contribution in [0.25, 0.3) is 0 Å². The van der Waals surface area contributed by atoms with Crippen LogP contribution in [0.15, 0.2) is 36.5 Å². The van der Waals surface area contributed by atoms with Crippen molar-refractivity contribution < 1.29 is 9.90 Å². The number of anilines is 2. The highest BCUT2D eigenvalue weighted by Gasteiger charge is 2.10. The lowest BCUT2D eigenvalue weighted by atomic mass is 10.1. The highest BCUT2D eigenvalue weighted by atomic mass is 16.3. The minimum Gasteiger partial charge on any atom is -0.392 e. The first-order chi connectivity index (χ1) is 10.0. The molecule has 0 saturated carbocycles. The van der Waals surface area contributed by atoms with Crippen LogP contribution in [0.1, 0.15) is 21.5 Å². The Morgan fingerprint density at radius 3 is 2.71 bits per heavy atom. The molecule has 1 aromatic heterocycles. The molecule has 0 fully saturated rings. The number of amides is 1. The van der Waals surface area contributed by atoms with Gasteiger partial charge in [-0.2, -0.15) is 0 Å². The maximum Gasteiger partial charge on any atom is 0.255 e. The van der Waals surface area contributed by atoms with Gasteiger partial charge in [0.2, 0.25) is 0 Å². The quantitative estimate of drug-likeness (QED) is 0.904. The zero-order valence-corrected chi connectivity index (χ0v) is 12.4. The van der Waals surface area contributed by atoms with Gasteiger partial charge >= 0.3 is 0 Å². The molecule has 110 valence electrons. The van der Waals surface area contributed by atoms with Crippen LogP contribution in [-0.4, -0.2) is 30.1 Å². The molecule has 0 aliphatic heterocycles. The second-order valence-corrected chi connectivity index (χ2v) is 5.06. The number of nitrogens with one attached hydrogen (secondary N) is 1. The summed E-state index contributed by atoms with van der Waals surface area (Å²) in [5.74, 6) is 0.530. The van der Waals surface area contributed by atoms with E-state index in [2.05, 4.69) is 10.3 Å². The molecule has 0 saturated heterocycles. The number of aromatic nitrogens is 1. The van der Waals surface area contributed by atoms with Gasteiger partial charge in [0.25, 0.3) is 5.91 Å². The Kier molecular flexibility index (Phi) is 4.55. The van der Waals surface area contributed by atoms with Gasteiger partial charge in [-0.1, -0.05) is 12.1 Å². The Balaban J connectivity index is 2.23. The van der Waals surface area contributed by atoms with Crippen LogP contribution in [0.3, 0.4) is 0 Å². The molecule has 0 unspecified atom stereocenters. The number of hydrogen-bond donors (Lipinski definition) is 2. The Bertz CT molecular complexity index is 654. The molecular formula is C16H19N3O2. The third-order valence-corrected chi connectivity index (χ3v) is 3.20. The Hall–Kier alpha value is -2.40. The van der Waals surface area contributed by atoms with Gasteiger partial charge < -0.3 is 15.3 Å². The SMILES string of the molecule is Cc1ccc(CO)cc1NC(=O)c1ccnc(N(C)C)c1. The van der Waals surface area contributed by atoms with Gasteiger partial charge in [-0.3, -0.25) is 4.79 Å². The minimum absolute atomic E-state index is 0.0524. The minimum atomic E-state index is -0.196. The van der Waals surface area contributed by atoms with Gasteiger partial charge in [-0.25, -0.2) is 4.98 Å². The molecule has 2 rings (SSSR count). The highest BCUT2D eigenvalue weighted by Crippen LogP contribution is 2.18. The number of carbonyl (C=O) groups excluding carboxylic acids is 1. The van der Waals surface area contributed by atoms with E-state index in [-0.39, 0.29) is 12.5 Å². The summed E-state index contributed by atoms with van der Waals surface area (Å²) < 4.78 is 0. The number of benzene rings is 1. The number of rotatable bonds is 4. The predicted octanol–water partition coefficient (Wildman–Crippen LogP) is 2.20. The van der Waals surface area contributed by atoms with Gasteiger partial charge in [0.1, 0.15) is 5.82 Å². The molecule has 0 spiro atoms. The van der Waals surface area contributed by atoms with Gasteiger partial charge in [0.15, 0.2) is 0 Å². The third kappa shape index (κ3) is 3.58. The van der Waals surface area contributed by atoms with E-state index in [1.54, 1.807) is 24.4 Å². The number of hydrogen-bond acceptors (Lipinski definition) is 4. The largest absolute Gasteiger partial charge is 0.392 e. The summed E-state index contributed by atoms with van der Waals surface area (Å²) in [5, 5.41) is 12.0. The van der Waals surface area contributed by atoms with Crippen molar-refractivity contribution in [3.8, 4) is 0 Å². The summed E-state index contributed by atoms with van der Waals surface area (Å²) in [7, 11) is 3.75. The van der Waals surface area contributed by atoms with E-state index in [0.717, 1.165) is 16.9 Å². The van der Waals surface area contributed by atoms with Gasteiger partial charge in [-0.05, 0) is 36.2 Å². The topological polar surface area (TPSA) is 65.5 Å². The first-order valence-electron chi connectivity index (χ1n) is 6.66. The monoisotopic (exact) mass is 285 g/mol. The molecular weight excluding hydrogens is 266 g/mol. The summed E-state index contributed by atoms with van der Waals surface area (Å²) in [5.41, 5.74) is 2.96. The number of aliphatic hydroxyl groups is 1. The van der Waals surface area contributed by atoms with E-state index < -0.39 is 0 Å². The first kappa shape index (κ1) is 15.0. The summed E-state index contributed by atoms with van der Waals surface area (Å²) in [6.07, 6.45) is 1.61. The number of aryl methyl sites for hydroxylation is 1. The van der Waals surface area contributed by atoms with Crippen molar-refractivity contribution in [1.82, 2.24) is 4.98 Å². The van der Waals surface area contributed by atoms with E-state index in [1.165, 1.54) is 0 Å². The second-order valence-electron chi connectivity index (χ2n) is 5.06. The highest BCUT2D eigenvalue weighted by molar-refractivity contribution is 6.05. The van der Waals surface area contributed by atoms with Crippen molar-refractivity contribution in [2.45, 2.75) is 13.5 Å². The van der Waals surface area contributed by atoms with Crippen LogP contribution in [0.5, 0.6) is 0 Å². The standard InChI is InChI=1S/C16H19N3O2/c1-11-4-5-12(10-20)8-14(11)18-16(21)13-6-7-17-15(9-13)19(2)3/h4-9,20H,10H2,1-3H3,(H,18,21). The Labute approximate surface area is 124 Å². The maximum atomic E-state index is 12.3. The average Bonchev–Trinajstić information content (AvgIpc) is 2.49. The summed E-state index contributed by atoms with van der Waals surface area (Å²) >= 11 is 0. The van der Waals surface area contributed by atoms with E-state index in [4.69, 9.17) is 0 Å². The fourth-order valence-electron chi connectivity index (χ4n) is 1.90. The van der Waals surface area contributed by atoms with Crippen molar-refractivity contribution in [2.75, 3.05) is 24.3 Å². The molecule has 0 aliphatic carbocycles. The molecule has 1 amide bonds. The Morgan fingerprint density at radius 2 is 2.05 bits per heavy atom. The molecule has 1 aromatic carbocycles. The Morgan fingerprint density at radius 1 is 1.29 bits per heavy atom. The lowest BCUT2D eigenvalue weighted by molar-refractivity contribution is 0.102. The van der Waals surface area contributed by atoms with E-state index >= 15 is 0 Å². The molecule has 1 heterocycles.